The van der Waals surface area contributed by atoms with Crippen LogP contribution < -0.4 is 4.74 Å². The maximum atomic E-state index is 5.55. The summed E-state index contributed by atoms with van der Waals surface area (Å²) in [5.74, 6) is 1.81. The van der Waals surface area contributed by atoms with Crippen molar-refractivity contribution in [1.29, 1.82) is 0 Å². The first-order valence-corrected chi connectivity index (χ1v) is 7.45. The molecule has 0 aliphatic rings. The van der Waals surface area contributed by atoms with Crippen LogP contribution in [0.1, 0.15) is 6.92 Å². The number of hydrogen-bond acceptors (Lipinski definition) is 2. The monoisotopic (exact) mass is 288 g/mol. The molecule has 3 heteroatoms. The Balaban J connectivity index is 1.80. The molecule has 0 spiro atoms. The number of aromatic amines is 1. The van der Waals surface area contributed by atoms with E-state index >= 15 is 0 Å². The first kappa shape index (κ1) is 12.9. The van der Waals surface area contributed by atoms with E-state index in [9.17, 15) is 0 Å². The lowest BCUT2D eigenvalue weighted by atomic mass is 10.1. The molecule has 3 aromatic carbocycles. The normalized spacial score (nSPS) is 11.1. The zero-order valence-corrected chi connectivity index (χ0v) is 12.3. The third-order valence-corrected chi connectivity index (χ3v) is 3.79. The van der Waals surface area contributed by atoms with Gasteiger partial charge in [0.2, 0.25) is 0 Å². The molecule has 1 N–H and O–H groups in total. The minimum Gasteiger partial charge on any atom is -0.494 e. The molecule has 0 amide bonds. The highest BCUT2D eigenvalue weighted by Crippen LogP contribution is 2.27. The summed E-state index contributed by atoms with van der Waals surface area (Å²) in [6.45, 7) is 2.68. The Hall–Kier alpha value is -2.81. The fraction of sp³-hybridized carbons (Fsp3) is 0.105. The third kappa shape index (κ3) is 2.21. The molecular weight excluding hydrogens is 272 g/mol. The van der Waals surface area contributed by atoms with Gasteiger partial charge in [0.05, 0.1) is 17.6 Å². The summed E-state index contributed by atoms with van der Waals surface area (Å²) in [5.41, 5.74) is 3.14. The smallest absolute Gasteiger partial charge is 0.138 e. The molecule has 0 atom stereocenters. The number of nitrogens with one attached hydrogen (secondary N) is 1. The van der Waals surface area contributed by atoms with Gasteiger partial charge in [-0.15, -0.1) is 0 Å². The van der Waals surface area contributed by atoms with Crippen LogP contribution in [-0.4, -0.2) is 16.6 Å². The average Bonchev–Trinajstić information content (AvgIpc) is 2.99. The van der Waals surface area contributed by atoms with Gasteiger partial charge in [-0.25, -0.2) is 4.98 Å². The molecule has 0 radical (unpaired) electrons. The van der Waals surface area contributed by atoms with Crippen molar-refractivity contribution < 1.29 is 4.74 Å². The maximum Gasteiger partial charge on any atom is 0.138 e. The highest BCUT2D eigenvalue weighted by Gasteiger charge is 2.06. The van der Waals surface area contributed by atoms with Crippen molar-refractivity contribution in [2.45, 2.75) is 6.92 Å². The minimum absolute atomic E-state index is 0.683. The Morgan fingerprint density at radius 2 is 1.77 bits per heavy atom. The van der Waals surface area contributed by atoms with E-state index in [1.165, 1.54) is 10.8 Å². The molecule has 0 bridgehead atoms. The number of nitrogens with zero attached hydrogens (tertiary/aromatic N) is 1. The SMILES string of the molecule is CCOc1ccc2cc(-c3nc4ccccc4[nH]3)ccc2c1. The van der Waals surface area contributed by atoms with Gasteiger partial charge in [0, 0.05) is 5.56 Å². The van der Waals surface area contributed by atoms with Crippen molar-refractivity contribution in [1.82, 2.24) is 9.97 Å². The first-order chi connectivity index (χ1) is 10.8. The van der Waals surface area contributed by atoms with Crippen molar-refractivity contribution in [3.8, 4) is 17.1 Å². The number of para-hydroxylation sites is 2. The summed E-state index contributed by atoms with van der Waals surface area (Å²) < 4.78 is 5.55. The summed E-state index contributed by atoms with van der Waals surface area (Å²) in [5, 5.41) is 2.35. The van der Waals surface area contributed by atoms with Gasteiger partial charge in [-0.05, 0) is 48.0 Å². The highest BCUT2D eigenvalue weighted by atomic mass is 16.5. The van der Waals surface area contributed by atoms with E-state index in [2.05, 4.69) is 40.3 Å². The van der Waals surface area contributed by atoms with E-state index in [4.69, 9.17) is 4.74 Å². The number of fused-ring (bicyclic) bond motifs is 2. The van der Waals surface area contributed by atoms with Crippen LogP contribution in [0.5, 0.6) is 5.75 Å². The third-order valence-electron chi connectivity index (χ3n) is 3.79. The molecule has 3 nitrogen and oxygen atoms in total. The van der Waals surface area contributed by atoms with Gasteiger partial charge in [-0.3, -0.25) is 0 Å². The molecule has 0 fully saturated rings. The molecule has 1 aromatic heterocycles. The van der Waals surface area contributed by atoms with E-state index in [-0.39, 0.29) is 0 Å². The summed E-state index contributed by atoms with van der Waals surface area (Å²) in [6.07, 6.45) is 0. The van der Waals surface area contributed by atoms with Gasteiger partial charge in [-0.1, -0.05) is 30.3 Å². The molecule has 108 valence electrons. The van der Waals surface area contributed by atoms with E-state index in [0.717, 1.165) is 28.2 Å². The Morgan fingerprint density at radius 3 is 2.64 bits per heavy atom. The Labute approximate surface area is 128 Å². The first-order valence-electron chi connectivity index (χ1n) is 7.45. The number of benzene rings is 3. The van der Waals surface area contributed by atoms with E-state index < -0.39 is 0 Å². The van der Waals surface area contributed by atoms with Gasteiger partial charge in [0.15, 0.2) is 0 Å². The van der Waals surface area contributed by atoms with Crippen molar-refractivity contribution in [3.05, 3.63) is 60.7 Å². The van der Waals surface area contributed by atoms with Crippen molar-refractivity contribution in [2.75, 3.05) is 6.61 Å². The molecule has 0 aliphatic carbocycles. The number of rotatable bonds is 3. The number of hydrogen-bond donors (Lipinski definition) is 1. The van der Waals surface area contributed by atoms with Crippen LogP contribution in [0.15, 0.2) is 60.7 Å². The van der Waals surface area contributed by atoms with Crippen LogP contribution >= 0.6 is 0 Å². The Bertz CT molecular complexity index is 923. The van der Waals surface area contributed by atoms with Gasteiger partial charge in [-0.2, -0.15) is 0 Å². The minimum atomic E-state index is 0.683. The van der Waals surface area contributed by atoms with Crippen LogP contribution in [0.3, 0.4) is 0 Å². The predicted molar refractivity (Wildman–Crippen MR) is 90.2 cm³/mol. The molecule has 0 unspecified atom stereocenters. The number of imidazole rings is 1. The van der Waals surface area contributed by atoms with E-state index in [1.807, 2.05) is 37.3 Å². The number of aromatic nitrogens is 2. The maximum absolute atomic E-state index is 5.55. The van der Waals surface area contributed by atoms with Crippen LogP contribution in [0.25, 0.3) is 33.2 Å². The standard InChI is InChI=1S/C19H16N2O/c1-2-22-16-10-9-13-11-15(8-7-14(13)12-16)19-20-17-5-3-4-6-18(17)21-19/h3-12H,2H2,1H3,(H,20,21). The number of ether oxygens (including phenoxy) is 1. The molecular formula is C19H16N2O. The van der Waals surface area contributed by atoms with Crippen LogP contribution in [-0.2, 0) is 0 Å². The number of H-pyrrole nitrogens is 1. The predicted octanol–water partition coefficient (Wildman–Crippen LogP) is 4.78. The van der Waals surface area contributed by atoms with Crippen molar-refractivity contribution in [3.63, 3.8) is 0 Å². The lowest BCUT2D eigenvalue weighted by Gasteiger charge is -2.05. The lowest BCUT2D eigenvalue weighted by molar-refractivity contribution is 0.341. The van der Waals surface area contributed by atoms with Gasteiger partial charge < -0.3 is 9.72 Å². The van der Waals surface area contributed by atoms with Gasteiger partial charge in [0.25, 0.3) is 0 Å². The summed E-state index contributed by atoms with van der Waals surface area (Å²) in [6, 6.07) is 20.6. The zero-order valence-electron chi connectivity index (χ0n) is 12.3. The van der Waals surface area contributed by atoms with Gasteiger partial charge in [0.1, 0.15) is 11.6 Å². The Kier molecular flexibility index (Phi) is 3.04. The van der Waals surface area contributed by atoms with E-state index in [1.54, 1.807) is 0 Å². The lowest BCUT2D eigenvalue weighted by Crippen LogP contribution is -1.90. The second kappa shape index (κ2) is 5.19. The molecule has 0 saturated heterocycles. The summed E-state index contributed by atoms with van der Waals surface area (Å²) >= 11 is 0. The fourth-order valence-electron chi connectivity index (χ4n) is 2.72. The molecule has 0 aliphatic heterocycles. The van der Waals surface area contributed by atoms with Crippen LogP contribution in [0, 0.1) is 0 Å². The van der Waals surface area contributed by atoms with Crippen LogP contribution in [0.2, 0.25) is 0 Å². The highest BCUT2D eigenvalue weighted by molar-refractivity contribution is 5.88. The second-order valence-corrected chi connectivity index (χ2v) is 5.26. The summed E-state index contributed by atoms with van der Waals surface area (Å²) in [7, 11) is 0. The summed E-state index contributed by atoms with van der Waals surface area (Å²) in [4.78, 5) is 8.03. The quantitative estimate of drug-likeness (QED) is 0.589. The molecule has 22 heavy (non-hydrogen) atoms. The van der Waals surface area contributed by atoms with Gasteiger partial charge >= 0.3 is 0 Å². The zero-order chi connectivity index (χ0) is 14.9. The molecule has 1 heterocycles. The fourth-order valence-corrected chi connectivity index (χ4v) is 2.72. The largest absolute Gasteiger partial charge is 0.494 e. The molecule has 0 saturated carbocycles. The topological polar surface area (TPSA) is 37.9 Å². The van der Waals surface area contributed by atoms with E-state index in [0.29, 0.717) is 6.61 Å². The van der Waals surface area contributed by atoms with Crippen LogP contribution in [0.4, 0.5) is 0 Å². The average molecular weight is 288 g/mol. The van der Waals surface area contributed by atoms with Crippen molar-refractivity contribution in [2.24, 2.45) is 0 Å². The molecule has 4 rings (SSSR count). The second-order valence-electron chi connectivity index (χ2n) is 5.26. The molecule has 4 aromatic rings. The van der Waals surface area contributed by atoms with Crippen molar-refractivity contribution >= 4 is 21.8 Å². The Morgan fingerprint density at radius 1 is 0.955 bits per heavy atom.